The molecule has 1 aromatic carbocycles. The highest BCUT2D eigenvalue weighted by Gasteiger charge is 2.45. The molecule has 1 fully saturated rings. The van der Waals surface area contributed by atoms with Gasteiger partial charge in [-0.05, 0) is 46.4 Å². The molecule has 116 valence electrons. The number of amides is 1. The smallest absolute Gasteiger partial charge is 0.223 e. The van der Waals surface area contributed by atoms with Crippen molar-refractivity contribution in [2.45, 2.75) is 18.4 Å². The summed E-state index contributed by atoms with van der Waals surface area (Å²) in [6.07, 6.45) is 0.194. The Balaban J connectivity index is 1.54. The van der Waals surface area contributed by atoms with Crippen LogP contribution in [0.2, 0.25) is 0 Å². The first-order chi connectivity index (χ1) is 10.7. The van der Waals surface area contributed by atoms with Gasteiger partial charge in [0.25, 0.3) is 0 Å². The quantitative estimate of drug-likeness (QED) is 0.861. The summed E-state index contributed by atoms with van der Waals surface area (Å²) < 4.78 is 5.35. The average Bonchev–Trinajstić information content (AvgIpc) is 3.16. The molecule has 3 atom stereocenters. The number of aliphatic hydroxyl groups excluding tert-OH is 1. The molecule has 0 spiro atoms. The first kappa shape index (κ1) is 15.1. The molecule has 0 saturated heterocycles. The number of aliphatic hydroxyl groups is 1. The van der Waals surface area contributed by atoms with Crippen molar-refractivity contribution in [3.8, 4) is 5.75 Å². The van der Waals surface area contributed by atoms with Gasteiger partial charge in [0.15, 0.2) is 0 Å². The van der Waals surface area contributed by atoms with E-state index >= 15 is 0 Å². The van der Waals surface area contributed by atoms with Crippen LogP contribution in [0.3, 0.4) is 0 Å². The second-order valence-electron chi connectivity index (χ2n) is 5.51. The highest BCUT2D eigenvalue weighted by Crippen LogP contribution is 2.50. The van der Waals surface area contributed by atoms with Gasteiger partial charge in [0.05, 0.1) is 13.2 Å². The molecule has 1 heterocycles. The van der Waals surface area contributed by atoms with Gasteiger partial charge in [-0.15, -0.1) is 0 Å². The van der Waals surface area contributed by atoms with Crippen LogP contribution in [0.5, 0.6) is 5.75 Å². The number of nitrogens with one attached hydrogen (secondary N) is 1. The molecular formula is C17H19NO3S. The lowest BCUT2D eigenvalue weighted by Crippen LogP contribution is -2.29. The van der Waals surface area contributed by atoms with Crippen LogP contribution in [0.15, 0.2) is 41.1 Å². The lowest BCUT2D eigenvalue weighted by Gasteiger charge is -2.11. The number of benzene rings is 1. The maximum Gasteiger partial charge on any atom is 0.223 e. The van der Waals surface area contributed by atoms with Crippen molar-refractivity contribution in [2.24, 2.45) is 5.92 Å². The standard InChI is InChI=1S/C17H19NO3S/c1-21-16-5-3-2-4-12(16)13-8-14(13)17(20)18-9-15(19)11-6-7-22-10-11/h2-7,10,13-15,19H,8-9H2,1H3,(H,18,20). The van der Waals surface area contributed by atoms with E-state index in [1.165, 1.54) is 11.3 Å². The largest absolute Gasteiger partial charge is 0.496 e. The van der Waals surface area contributed by atoms with Gasteiger partial charge >= 0.3 is 0 Å². The Labute approximate surface area is 133 Å². The minimum Gasteiger partial charge on any atom is -0.496 e. The lowest BCUT2D eigenvalue weighted by atomic mass is 10.1. The minimum atomic E-state index is -0.640. The SMILES string of the molecule is COc1ccccc1C1CC1C(=O)NCC(O)c1ccsc1. The van der Waals surface area contributed by atoms with Crippen molar-refractivity contribution in [1.82, 2.24) is 5.32 Å². The molecule has 3 rings (SSSR count). The van der Waals surface area contributed by atoms with Gasteiger partial charge in [0, 0.05) is 12.5 Å². The third kappa shape index (κ3) is 3.15. The number of thiophene rings is 1. The molecule has 4 nitrogen and oxygen atoms in total. The lowest BCUT2D eigenvalue weighted by molar-refractivity contribution is -0.122. The van der Waals surface area contributed by atoms with E-state index in [0.717, 1.165) is 23.3 Å². The van der Waals surface area contributed by atoms with E-state index < -0.39 is 6.10 Å². The normalized spacial score (nSPS) is 21.2. The van der Waals surface area contributed by atoms with Crippen LogP contribution in [0.25, 0.3) is 0 Å². The number of rotatable bonds is 6. The van der Waals surface area contributed by atoms with E-state index in [2.05, 4.69) is 5.32 Å². The number of methoxy groups -OCH3 is 1. The number of para-hydroxylation sites is 1. The summed E-state index contributed by atoms with van der Waals surface area (Å²) in [6, 6.07) is 9.69. The molecule has 5 heteroatoms. The molecule has 22 heavy (non-hydrogen) atoms. The Morgan fingerprint density at radius 3 is 3.00 bits per heavy atom. The summed E-state index contributed by atoms with van der Waals surface area (Å²) in [6.45, 7) is 0.255. The molecule has 0 radical (unpaired) electrons. The first-order valence-corrected chi connectivity index (χ1v) is 8.25. The van der Waals surface area contributed by atoms with Gasteiger partial charge in [-0.25, -0.2) is 0 Å². The van der Waals surface area contributed by atoms with Crippen LogP contribution in [-0.2, 0) is 4.79 Å². The zero-order valence-corrected chi connectivity index (χ0v) is 13.2. The topological polar surface area (TPSA) is 58.6 Å². The maximum atomic E-state index is 12.2. The Morgan fingerprint density at radius 2 is 2.27 bits per heavy atom. The third-order valence-electron chi connectivity index (χ3n) is 4.06. The van der Waals surface area contributed by atoms with E-state index in [1.807, 2.05) is 41.1 Å². The van der Waals surface area contributed by atoms with Gasteiger partial charge in [0.1, 0.15) is 5.75 Å². The molecule has 1 aliphatic carbocycles. The van der Waals surface area contributed by atoms with Gasteiger partial charge in [0.2, 0.25) is 5.91 Å². The molecule has 1 saturated carbocycles. The second-order valence-corrected chi connectivity index (χ2v) is 6.29. The zero-order chi connectivity index (χ0) is 15.5. The van der Waals surface area contributed by atoms with Crippen molar-refractivity contribution < 1.29 is 14.6 Å². The number of hydrogen-bond acceptors (Lipinski definition) is 4. The summed E-state index contributed by atoms with van der Waals surface area (Å²) in [5.74, 6) is 1.03. The molecule has 2 N–H and O–H groups in total. The van der Waals surface area contributed by atoms with E-state index in [1.54, 1.807) is 7.11 Å². The summed E-state index contributed by atoms with van der Waals surface area (Å²) >= 11 is 1.54. The van der Waals surface area contributed by atoms with Crippen LogP contribution >= 0.6 is 11.3 Å². The monoisotopic (exact) mass is 317 g/mol. The zero-order valence-electron chi connectivity index (χ0n) is 12.4. The van der Waals surface area contributed by atoms with Crippen LogP contribution in [-0.4, -0.2) is 24.7 Å². The number of ether oxygens (including phenoxy) is 1. The summed E-state index contributed by atoms with van der Waals surface area (Å²) in [5, 5.41) is 16.7. The van der Waals surface area contributed by atoms with Crippen LogP contribution in [0, 0.1) is 5.92 Å². The second kappa shape index (κ2) is 6.50. The number of hydrogen-bond donors (Lipinski definition) is 2. The molecular weight excluding hydrogens is 298 g/mol. The molecule has 1 amide bonds. The number of carbonyl (C=O) groups excluding carboxylic acids is 1. The van der Waals surface area contributed by atoms with Crippen LogP contribution < -0.4 is 10.1 Å². The summed E-state index contributed by atoms with van der Waals surface area (Å²) in [7, 11) is 1.65. The Morgan fingerprint density at radius 1 is 1.45 bits per heavy atom. The van der Waals surface area contributed by atoms with Crippen molar-refractivity contribution >= 4 is 17.2 Å². The fourth-order valence-electron chi connectivity index (χ4n) is 2.71. The van der Waals surface area contributed by atoms with Crippen LogP contribution in [0.4, 0.5) is 0 Å². The van der Waals surface area contributed by atoms with Gasteiger partial charge < -0.3 is 15.2 Å². The summed E-state index contributed by atoms with van der Waals surface area (Å²) in [5.41, 5.74) is 1.94. The van der Waals surface area contributed by atoms with Crippen molar-refractivity contribution in [1.29, 1.82) is 0 Å². The van der Waals surface area contributed by atoms with E-state index in [-0.39, 0.29) is 24.3 Å². The average molecular weight is 317 g/mol. The van der Waals surface area contributed by atoms with Gasteiger partial charge in [-0.2, -0.15) is 11.3 Å². The highest BCUT2D eigenvalue weighted by molar-refractivity contribution is 7.07. The molecule has 1 aliphatic rings. The fourth-order valence-corrected chi connectivity index (χ4v) is 3.42. The molecule has 2 aromatic rings. The Bertz CT molecular complexity index is 641. The molecule has 1 aromatic heterocycles. The van der Waals surface area contributed by atoms with Gasteiger partial charge in [-0.3, -0.25) is 4.79 Å². The molecule has 0 bridgehead atoms. The Hall–Kier alpha value is -1.85. The molecule has 0 aliphatic heterocycles. The van der Waals surface area contributed by atoms with E-state index in [9.17, 15) is 9.90 Å². The van der Waals surface area contributed by atoms with E-state index in [4.69, 9.17) is 4.74 Å². The first-order valence-electron chi connectivity index (χ1n) is 7.31. The van der Waals surface area contributed by atoms with E-state index in [0.29, 0.717) is 0 Å². The number of carbonyl (C=O) groups is 1. The van der Waals surface area contributed by atoms with Crippen LogP contribution in [0.1, 0.15) is 29.6 Å². The predicted molar refractivity (Wildman–Crippen MR) is 86.1 cm³/mol. The third-order valence-corrected chi connectivity index (χ3v) is 4.76. The van der Waals surface area contributed by atoms with Gasteiger partial charge in [-0.1, -0.05) is 18.2 Å². The fraction of sp³-hybridized carbons (Fsp3) is 0.353. The maximum absolute atomic E-state index is 12.2. The Kier molecular flexibility index (Phi) is 4.45. The van der Waals surface area contributed by atoms with Crippen molar-refractivity contribution in [3.05, 3.63) is 52.2 Å². The molecule has 3 unspecified atom stereocenters. The summed E-state index contributed by atoms with van der Waals surface area (Å²) in [4.78, 5) is 12.2. The highest BCUT2D eigenvalue weighted by atomic mass is 32.1. The van der Waals surface area contributed by atoms with Crippen molar-refractivity contribution in [3.63, 3.8) is 0 Å². The minimum absolute atomic E-state index is 0.00480. The predicted octanol–water partition coefficient (Wildman–Crippen LogP) is 2.71. The van der Waals surface area contributed by atoms with Crippen molar-refractivity contribution in [2.75, 3.05) is 13.7 Å².